The molecular formula is C34H33Cl4N3O4S. The summed E-state index contributed by atoms with van der Waals surface area (Å²) in [7, 11) is -4.33. The smallest absolute Gasteiger partial charge is 0.264 e. The molecule has 2 amide bonds. The number of carbonyl (C=O) groups excluding carboxylic acids is 2. The molecule has 0 spiro atoms. The van der Waals surface area contributed by atoms with Crippen LogP contribution in [0.3, 0.4) is 0 Å². The third-order valence-corrected chi connectivity index (χ3v) is 10.5. The molecule has 0 radical (unpaired) electrons. The number of amides is 2. The second-order valence-electron chi connectivity index (χ2n) is 10.7. The third kappa shape index (κ3) is 8.75. The Balaban J connectivity index is 1.86. The first-order chi connectivity index (χ1) is 21.9. The zero-order chi connectivity index (χ0) is 33.4. The molecule has 0 unspecified atom stereocenters. The van der Waals surface area contributed by atoms with Gasteiger partial charge in [-0.3, -0.25) is 13.9 Å². The van der Waals surface area contributed by atoms with Crippen molar-refractivity contribution < 1.29 is 18.0 Å². The Labute approximate surface area is 290 Å². The molecule has 0 aliphatic rings. The molecule has 0 aliphatic carbocycles. The van der Waals surface area contributed by atoms with E-state index in [9.17, 15) is 18.0 Å². The van der Waals surface area contributed by atoms with Crippen molar-refractivity contribution in [1.82, 2.24) is 10.2 Å². The summed E-state index contributed by atoms with van der Waals surface area (Å²) in [5.74, 6) is -1.08. The average molecular weight is 722 g/mol. The predicted molar refractivity (Wildman–Crippen MR) is 186 cm³/mol. The van der Waals surface area contributed by atoms with E-state index in [1.54, 1.807) is 36.4 Å². The Hall–Kier alpha value is -3.27. The number of nitrogens with zero attached hydrogens (tertiary/aromatic N) is 2. The molecule has 0 bridgehead atoms. The van der Waals surface area contributed by atoms with Crippen molar-refractivity contribution in [2.45, 2.75) is 50.2 Å². The summed E-state index contributed by atoms with van der Waals surface area (Å²) in [6.45, 7) is 2.94. The van der Waals surface area contributed by atoms with Gasteiger partial charge in [0.05, 0.1) is 15.6 Å². The van der Waals surface area contributed by atoms with Crippen LogP contribution in [0, 0.1) is 0 Å². The van der Waals surface area contributed by atoms with Gasteiger partial charge in [-0.25, -0.2) is 8.42 Å². The lowest BCUT2D eigenvalue weighted by atomic mass is 10.0. The van der Waals surface area contributed by atoms with Crippen molar-refractivity contribution >= 4 is 73.9 Å². The SMILES string of the molecule is CC[C@H](C)NC(=O)[C@H](Cc1ccccc1)N(Cc1c(Cl)cccc1Cl)C(=O)CN(c1ccc(Cl)cc1Cl)S(=O)(=O)c1ccccc1. The number of hydrogen-bond acceptors (Lipinski definition) is 4. The van der Waals surface area contributed by atoms with Gasteiger partial charge in [0.2, 0.25) is 11.8 Å². The van der Waals surface area contributed by atoms with E-state index in [-0.39, 0.29) is 39.6 Å². The van der Waals surface area contributed by atoms with E-state index >= 15 is 0 Å². The number of benzene rings is 4. The van der Waals surface area contributed by atoms with Crippen LogP contribution >= 0.6 is 46.4 Å². The minimum Gasteiger partial charge on any atom is -0.352 e. The molecule has 4 aromatic rings. The second-order valence-corrected chi connectivity index (χ2v) is 14.2. The van der Waals surface area contributed by atoms with Gasteiger partial charge in [0.1, 0.15) is 12.6 Å². The largest absolute Gasteiger partial charge is 0.352 e. The lowest BCUT2D eigenvalue weighted by Gasteiger charge is -2.34. The standard InChI is InChI=1S/C34H33Cl4N3O4S/c1-3-23(2)39-34(43)32(19-24-11-6-4-7-12-24)40(21-27-28(36)15-10-16-29(27)37)33(42)22-41(31-18-17-25(35)20-30(31)38)46(44,45)26-13-8-5-9-14-26/h4-18,20,23,32H,3,19,21-22H2,1-2H3,(H,39,43)/t23-,32-/m0/s1. The Morgan fingerprint density at radius 3 is 2.00 bits per heavy atom. The first-order valence-corrected chi connectivity index (χ1v) is 17.5. The summed E-state index contributed by atoms with van der Waals surface area (Å²) >= 11 is 25.8. The fourth-order valence-corrected chi connectivity index (χ4v) is 7.30. The van der Waals surface area contributed by atoms with Crippen molar-refractivity contribution in [3.63, 3.8) is 0 Å². The van der Waals surface area contributed by atoms with Crippen LogP contribution in [0.2, 0.25) is 20.1 Å². The van der Waals surface area contributed by atoms with Crippen LogP contribution in [0.1, 0.15) is 31.4 Å². The van der Waals surface area contributed by atoms with Gasteiger partial charge in [0.15, 0.2) is 0 Å². The molecule has 2 atom stereocenters. The highest BCUT2D eigenvalue weighted by molar-refractivity contribution is 7.92. The number of anilines is 1. The van der Waals surface area contributed by atoms with Gasteiger partial charge in [0.25, 0.3) is 10.0 Å². The normalized spacial score (nSPS) is 12.7. The molecule has 1 N–H and O–H groups in total. The molecule has 4 rings (SSSR count). The first-order valence-electron chi connectivity index (χ1n) is 14.5. The maximum absolute atomic E-state index is 14.6. The zero-order valence-electron chi connectivity index (χ0n) is 25.2. The van der Waals surface area contributed by atoms with E-state index in [0.717, 1.165) is 9.87 Å². The second kappa shape index (κ2) is 16.0. The Morgan fingerprint density at radius 2 is 1.41 bits per heavy atom. The molecule has 7 nitrogen and oxygen atoms in total. The monoisotopic (exact) mass is 719 g/mol. The molecule has 0 heterocycles. The lowest BCUT2D eigenvalue weighted by Crippen LogP contribution is -2.54. The van der Waals surface area contributed by atoms with Gasteiger partial charge in [-0.1, -0.05) is 108 Å². The summed E-state index contributed by atoms with van der Waals surface area (Å²) < 4.78 is 29.2. The van der Waals surface area contributed by atoms with Crippen LogP contribution in [0.5, 0.6) is 0 Å². The van der Waals surface area contributed by atoms with Crippen molar-refractivity contribution in [2.24, 2.45) is 0 Å². The minimum atomic E-state index is -4.33. The molecular weight excluding hydrogens is 688 g/mol. The molecule has 242 valence electrons. The molecule has 0 aromatic heterocycles. The van der Waals surface area contributed by atoms with Crippen molar-refractivity contribution in [1.29, 1.82) is 0 Å². The van der Waals surface area contributed by atoms with Crippen molar-refractivity contribution in [3.05, 3.63) is 128 Å². The van der Waals surface area contributed by atoms with Gasteiger partial charge >= 0.3 is 0 Å². The maximum Gasteiger partial charge on any atom is 0.264 e. The van der Waals surface area contributed by atoms with E-state index in [0.29, 0.717) is 22.0 Å². The van der Waals surface area contributed by atoms with Crippen molar-refractivity contribution in [3.8, 4) is 0 Å². The van der Waals surface area contributed by atoms with Crippen LogP contribution in [0.15, 0.2) is 102 Å². The Kier molecular flexibility index (Phi) is 12.4. The number of hydrogen-bond donors (Lipinski definition) is 1. The molecule has 4 aromatic carbocycles. The zero-order valence-corrected chi connectivity index (χ0v) is 29.0. The van der Waals surface area contributed by atoms with E-state index < -0.39 is 34.4 Å². The lowest BCUT2D eigenvalue weighted by molar-refractivity contribution is -0.140. The fraction of sp³-hybridized carbons (Fsp3) is 0.235. The van der Waals surface area contributed by atoms with Crippen LogP contribution < -0.4 is 9.62 Å². The summed E-state index contributed by atoms with van der Waals surface area (Å²) in [6, 6.07) is 25.0. The van der Waals surface area contributed by atoms with E-state index in [2.05, 4.69) is 5.32 Å². The van der Waals surface area contributed by atoms with Crippen molar-refractivity contribution in [2.75, 3.05) is 10.8 Å². The fourth-order valence-electron chi connectivity index (χ4n) is 4.77. The number of rotatable bonds is 13. The number of nitrogens with one attached hydrogen (secondary N) is 1. The van der Waals surface area contributed by atoms with Gasteiger partial charge in [0, 0.05) is 39.6 Å². The molecule has 46 heavy (non-hydrogen) atoms. The number of halogens is 4. The Bertz CT molecular complexity index is 1760. The summed E-state index contributed by atoms with van der Waals surface area (Å²) in [5, 5.41) is 3.89. The number of carbonyl (C=O) groups is 2. The molecule has 0 saturated carbocycles. The van der Waals surface area contributed by atoms with Gasteiger partial charge in [-0.2, -0.15) is 0 Å². The average Bonchev–Trinajstić information content (AvgIpc) is 3.03. The van der Waals surface area contributed by atoms with Gasteiger partial charge < -0.3 is 10.2 Å². The number of sulfonamides is 1. The molecule has 0 saturated heterocycles. The third-order valence-electron chi connectivity index (χ3n) is 7.45. The quantitative estimate of drug-likeness (QED) is 0.152. The highest BCUT2D eigenvalue weighted by Gasteiger charge is 2.36. The Morgan fingerprint density at radius 1 is 0.804 bits per heavy atom. The summed E-state index contributed by atoms with van der Waals surface area (Å²) in [4.78, 5) is 29.8. The van der Waals surface area contributed by atoms with Crippen LogP contribution in [-0.4, -0.2) is 43.8 Å². The summed E-state index contributed by atoms with van der Waals surface area (Å²) in [5.41, 5.74) is 1.25. The van der Waals surface area contributed by atoms with Crippen LogP contribution in [0.25, 0.3) is 0 Å². The highest BCUT2D eigenvalue weighted by Crippen LogP contribution is 2.34. The van der Waals surface area contributed by atoms with E-state index in [4.69, 9.17) is 46.4 Å². The molecule has 12 heteroatoms. The first kappa shape index (κ1) is 35.6. The predicted octanol–water partition coefficient (Wildman–Crippen LogP) is 8.05. The van der Waals surface area contributed by atoms with Gasteiger partial charge in [-0.15, -0.1) is 0 Å². The maximum atomic E-state index is 14.6. The summed E-state index contributed by atoms with van der Waals surface area (Å²) in [6.07, 6.45) is 0.802. The topological polar surface area (TPSA) is 86.8 Å². The molecule has 0 fully saturated rings. The van der Waals surface area contributed by atoms with E-state index in [1.165, 1.54) is 35.2 Å². The molecule has 0 aliphatic heterocycles. The van der Waals surface area contributed by atoms with Gasteiger partial charge in [-0.05, 0) is 61.4 Å². The van der Waals surface area contributed by atoms with Crippen LogP contribution in [-0.2, 0) is 32.6 Å². The van der Waals surface area contributed by atoms with Crippen LogP contribution in [0.4, 0.5) is 5.69 Å². The minimum absolute atomic E-state index is 0.0239. The van der Waals surface area contributed by atoms with E-state index in [1.807, 2.05) is 44.2 Å². The highest BCUT2D eigenvalue weighted by atomic mass is 35.5.